The van der Waals surface area contributed by atoms with Crippen LogP contribution in [0, 0.1) is 5.92 Å². The molecule has 5 nitrogen and oxygen atoms in total. The van der Waals surface area contributed by atoms with E-state index in [9.17, 15) is 8.42 Å². The van der Waals surface area contributed by atoms with Crippen LogP contribution in [-0.4, -0.2) is 26.5 Å². The topological polar surface area (TPSA) is 84.2 Å². The number of nitrogen functional groups attached to an aromatic ring is 1. The Bertz CT molecular complexity index is 496. The van der Waals surface area contributed by atoms with E-state index in [1.807, 2.05) is 11.8 Å². The Kier molecular flexibility index (Phi) is 5.09. The summed E-state index contributed by atoms with van der Waals surface area (Å²) in [5.41, 5.74) is 3.16. The first-order valence-electron chi connectivity index (χ1n) is 6.26. The summed E-state index contributed by atoms with van der Waals surface area (Å²) in [7, 11) is -3.41. The van der Waals surface area contributed by atoms with E-state index in [2.05, 4.69) is 10.1 Å². The molecule has 1 saturated heterocycles. The maximum Gasteiger partial charge on any atom is 0.240 e. The van der Waals surface area contributed by atoms with E-state index in [1.165, 1.54) is 0 Å². The van der Waals surface area contributed by atoms with Crippen molar-refractivity contribution in [3.05, 3.63) is 24.3 Å². The fourth-order valence-corrected chi connectivity index (χ4v) is 4.31. The van der Waals surface area contributed by atoms with Gasteiger partial charge in [-0.15, -0.1) is 0 Å². The summed E-state index contributed by atoms with van der Waals surface area (Å²) in [5.74, 6) is 7.96. The molecule has 4 N–H and O–H groups in total. The van der Waals surface area contributed by atoms with Gasteiger partial charge in [0.05, 0.1) is 4.90 Å². The highest BCUT2D eigenvalue weighted by molar-refractivity contribution is 7.99. The van der Waals surface area contributed by atoms with E-state index < -0.39 is 10.0 Å². The number of hydrogen-bond acceptors (Lipinski definition) is 5. The first kappa shape index (κ1) is 14.6. The van der Waals surface area contributed by atoms with Crippen molar-refractivity contribution in [3.63, 3.8) is 0 Å². The maximum absolute atomic E-state index is 12.1. The number of benzene rings is 1. The third kappa shape index (κ3) is 4.10. The monoisotopic (exact) mass is 301 g/mol. The quantitative estimate of drug-likeness (QED) is 0.565. The van der Waals surface area contributed by atoms with Gasteiger partial charge in [-0.3, -0.25) is 5.84 Å². The number of nitrogens with one attached hydrogen (secondary N) is 2. The molecule has 106 valence electrons. The van der Waals surface area contributed by atoms with Gasteiger partial charge in [0, 0.05) is 12.2 Å². The van der Waals surface area contributed by atoms with Gasteiger partial charge in [0.15, 0.2) is 0 Å². The predicted molar refractivity (Wildman–Crippen MR) is 79.5 cm³/mol. The van der Waals surface area contributed by atoms with Crippen LogP contribution in [0.25, 0.3) is 0 Å². The molecule has 0 radical (unpaired) electrons. The summed E-state index contributed by atoms with van der Waals surface area (Å²) in [4.78, 5) is 0.275. The average Bonchev–Trinajstić information content (AvgIpc) is 2.46. The van der Waals surface area contributed by atoms with Crippen molar-refractivity contribution < 1.29 is 8.42 Å². The highest BCUT2D eigenvalue weighted by atomic mass is 32.2. The van der Waals surface area contributed by atoms with Crippen molar-refractivity contribution >= 4 is 27.5 Å². The van der Waals surface area contributed by atoms with E-state index in [0.717, 1.165) is 24.3 Å². The van der Waals surface area contributed by atoms with Crippen LogP contribution in [0.2, 0.25) is 0 Å². The Hall–Kier alpha value is -0.760. The first-order valence-corrected chi connectivity index (χ1v) is 8.90. The molecule has 1 aromatic rings. The lowest BCUT2D eigenvalue weighted by Gasteiger charge is -2.21. The van der Waals surface area contributed by atoms with Gasteiger partial charge < -0.3 is 5.43 Å². The van der Waals surface area contributed by atoms with Crippen molar-refractivity contribution in [2.45, 2.75) is 17.7 Å². The van der Waals surface area contributed by atoms with Gasteiger partial charge in [0.1, 0.15) is 0 Å². The number of anilines is 1. The predicted octanol–water partition coefficient (Wildman–Crippen LogP) is 1.39. The zero-order valence-corrected chi connectivity index (χ0v) is 12.3. The normalized spacial score (nSPS) is 17.3. The van der Waals surface area contributed by atoms with E-state index in [4.69, 9.17) is 5.84 Å². The van der Waals surface area contributed by atoms with Gasteiger partial charge in [-0.2, -0.15) is 11.8 Å². The van der Waals surface area contributed by atoms with E-state index in [-0.39, 0.29) is 4.90 Å². The Labute approximate surface area is 118 Å². The van der Waals surface area contributed by atoms with Crippen LogP contribution in [0.15, 0.2) is 29.2 Å². The summed E-state index contributed by atoms with van der Waals surface area (Å²) in [6.07, 6.45) is 2.17. The third-order valence-electron chi connectivity index (χ3n) is 3.23. The van der Waals surface area contributed by atoms with Crippen LogP contribution in [0.4, 0.5) is 5.69 Å². The number of hydrogen-bond donors (Lipinski definition) is 3. The fourth-order valence-electron chi connectivity index (χ4n) is 1.99. The molecular weight excluding hydrogens is 282 g/mol. The molecule has 0 aromatic heterocycles. The van der Waals surface area contributed by atoms with Crippen LogP contribution >= 0.6 is 11.8 Å². The summed E-state index contributed by atoms with van der Waals surface area (Å²) in [6.45, 7) is 0.528. The summed E-state index contributed by atoms with van der Waals surface area (Å²) < 4.78 is 26.9. The molecule has 1 heterocycles. The second-order valence-corrected chi connectivity index (χ2v) is 7.57. The molecule has 19 heavy (non-hydrogen) atoms. The van der Waals surface area contributed by atoms with Gasteiger partial charge >= 0.3 is 0 Å². The molecule has 0 amide bonds. The molecule has 7 heteroatoms. The largest absolute Gasteiger partial charge is 0.324 e. The SMILES string of the molecule is NNc1ccc(S(=O)(=O)NCC2CCSCC2)cc1. The van der Waals surface area contributed by atoms with Crippen molar-refractivity contribution in [1.82, 2.24) is 4.72 Å². The van der Waals surface area contributed by atoms with Gasteiger partial charge in [0.25, 0.3) is 0 Å². The molecule has 0 saturated carbocycles. The minimum atomic E-state index is -3.41. The van der Waals surface area contributed by atoms with Gasteiger partial charge in [-0.1, -0.05) is 0 Å². The van der Waals surface area contributed by atoms with Gasteiger partial charge in [-0.05, 0) is 54.5 Å². The molecule has 0 aliphatic carbocycles. The zero-order valence-electron chi connectivity index (χ0n) is 10.6. The first-order chi connectivity index (χ1) is 9.12. The fraction of sp³-hybridized carbons (Fsp3) is 0.500. The maximum atomic E-state index is 12.1. The molecule has 2 rings (SSSR count). The number of thioether (sulfide) groups is 1. The molecule has 1 aliphatic rings. The number of rotatable bonds is 5. The van der Waals surface area contributed by atoms with Crippen molar-refractivity contribution in [2.24, 2.45) is 11.8 Å². The Morgan fingerprint density at radius 1 is 1.21 bits per heavy atom. The van der Waals surface area contributed by atoms with Gasteiger partial charge in [-0.25, -0.2) is 13.1 Å². The van der Waals surface area contributed by atoms with Crippen LogP contribution in [-0.2, 0) is 10.0 Å². The number of nitrogens with two attached hydrogens (primary N) is 1. The van der Waals surface area contributed by atoms with Crippen LogP contribution < -0.4 is 16.0 Å². The summed E-state index contributed by atoms with van der Waals surface area (Å²) in [6, 6.07) is 6.39. The molecule has 1 aromatic carbocycles. The lowest BCUT2D eigenvalue weighted by molar-refractivity contribution is 0.476. The number of hydrazine groups is 1. The van der Waals surface area contributed by atoms with Crippen molar-refractivity contribution in [3.8, 4) is 0 Å². The van der Waals surface area contributed by atoms with Crippen LogP contribution in [0.3, 0.4) is 0 Å². The molecule has 1 aliphatic heterocycles. The van der Waals surface area contributed by atoms with E-state index in [1.54, 1.807) is 24.3 Å². The van der Waals surface area contributed by atoms with Crippen molar-refractivity contribution in [2.75, 3.05) is 23.5 Å². The second kappa shape index (κ2) is 6.60. The minimum Gasteiger partial charge on any atom is -0.324 e. The smallest absolute Gasteiger partial charge is 0.240 e. The second-order valence-electron chi connectivity index (χ2n) is 4.58. The van der Waals surface area contributed by atoms with E-state index in [0.29, 0.717) is 18.2 Å². The molecule has 0 spiro atoms. The summed E-state index contributed by atoms with van der Waals surface area (Å²) in [5, 5.41) is 0. The Balaban J connectivity index is 1.96. The highest BCUT2D eigenvalue weighted by Gasteiger charge is 2.18. The zero-order chi connectivity index (χ0) is 13.7. The van der Waals surface area contributed by atoms with Crippen LogP contribution in [0.5, 0.6) is 0 Å². The molecule has 1 fully saturated rings. The van der Waals surface area contributed by atoms with E-state index >= 15 is 0 Å². The van der Waals surface area contributed by atoms with Crippen molar-refractivity contribution in [1.29, 1.82) is 0 Å². The molecule has 0 bridgehead atoms. The molecular formula is C12H19N3O2S2. The van der Waals surface area contributed by atoms with Gasteiger partial charge in [0.2, 0.25) is 10.0 Å². The molecule has 0 unspecified atom stereocenters. The minimum absolute atomic E-state index is 0.275. The van der Waals surface area contributed by atoms with Crippen LogP contribution in [0.1, 0.15) is 12.8 Å². The Morgan fingerprint density at radius 3 is 2.42 bits per heavy atom. The number of sulfonamides is 1. The third-order valence-corrected chi connectivity index (χ3v) is 5.72. The molecule has 0 atom stereocenters. The highest BCUT2D eigenvalue weighted by Crippen LogP contribution is 2.22. The standard InChI is InChI=1S/C12H19N3O2S2/c13-15-11-1-3-12(4-2-11)19(16,17)14-9-10-5-7-18-8-6-10/h1-4,10,14-15H,5-9,13H2. The Morgan fingerprint density at radius 2 is 1.84 bits per heavy atom. The lowest BCUT2D eigenvalue weighted by atomic mass is 10.0. The lowest BCUT2D eigenvalue weighted by Crippen LogP contribution is -2.31. The summed E-state index contributed by atoms with van der Waals surface area (Å²) >= 11 is 1.94. The average molecular weight is 301 g/mol.